The number of hydrogen-bond acceptors (Lipinski definition) is 4. The molecule has 0 aliphatic carbocycles. The van der Waals surface area contributed by atoms with E-state index in [-0.39, 0.29) is 0 Å². The van der Waals surface area contributed by atoms with Gasteiger partial charge < -0.3 is 5.11 Å². The molecule has 3 rings (SSSR count). The molecule has 1 N–H and O–H groups in total. The van der Waals surface area contributed by atoms with Crippen LogP contribution < -0.4 is 0 Å². The zero-order valence-electron chi connectivity index (χ0n) is 12.7. The van der Waals surface area contributed by atoms with Crippen molar-refractivity contribution in [2.45, 2.75) is 25.9 Å². The Labute approximate surface area is 134 Å². The van der Waals surface area contributed by atoms with E-state index in [1.54, 1.807) is 25.5 Å². The van der Waals surface area contributed by atoms with Crippen LogP contribution in [0.25, 0.3) is 10.6 Å². The molecule has 0 saturated carbocycles. The summed E-state index contributed by atoms with van der Waals surface area (Å²) in [7, 11) is 0. The largest absolute Gasteiger partial charge is 0.380 e. The number of aromatic nitrogens is 2. The first kappa shape index (κ1) is 14.9. The number of hydrogen-bond donors (Lipinski definition) is 1. The predicted molar refractivity (Wildman–Crippen MR) is 89.8 cm³/mol. The topological polar surface area (TPSA) is 46.0 Å². The summed E-state index contributed by atoms with van der Waals surface area (Å²) in [6.45, 7) is 3.93. The van der Waals surface area contributed by atoms with Gasteiger partial charge in [0.15, 0.2) is 0 Å². The number of aliphatic hydroxyl groups is 1. The Kier molecular flexibility index (Phi) is 4.05. The SMILES string of the molecule is CCc1ccc(-c2ncc(C(C)(O)c3ccncc3)s2)cc1. The lowest BCUT2D eigenvalue weighted by Crippen LogP contribution is -2.21. The van der Waals surface area contributed by atoms with Crippen LogP contribution in [0.1, 0.15) is 29.9 Å². The van der Waals surface area contributed by atoms with Crippen LogP contribution in [-0.2, 0) is 12.0 Å². The van der Waals surface area contributed by atoms with Crippen LogP contribution in [0.4, 0.5) is 0 Å². The lowest BCUT2D eigenvalue weighted by molar-refractivity contribution is 0.106. The van der Waals surface area contributed by atoms with Crippen molar-refractivity contribution < 1.29 is 5.11 Å². The zero-order valence-corrected chi connectivity index (χ0v) is 13.5. The summed E-state index contributed by atoms with van der Waals surface area (Å²) in [5.74, 6) is 0. The fraction of sp³-hybridized carbons (Fsp3) is 0.222. The Morgan fingerprint density at radius 3 is 2.41 bits per heavy atom. The lowest BCUT2D eigenvalue weighted by atomic mass is 9.96. The maximum atomic E-state index is 10.8. The minimum atomic E-state index is -1.05. The van der Waals surface area contributed by atoms with Gasteiger partial charge in [0.25, 0.3) is 0 Å². The third kappa shape index (κ3) is 2.80. The summed E-state index contributed by atoms with van der Waals surface area (Å²) >= 11 is 1.52. The molecule has 1 aromatic carbocycles. The number of pyridine rings is 1. The second-order valence-corrected chi connectivity index (χ2v) is 6.42. The van der Waals surface area contributed by atoms with Crippen LogP contribution in [0.2, 0.25) is 0 Å². The summed E-state index contributed by atoms with van der Waals surface area (Å²) in [6.07, 6.45) is 6.17. The highest BCUT2D eigenvalue weighted by Crippen LogP contribution is 2.35. The molecular weight excluding hydrogens is 292 g/mol. The van der Waals surface area contributed by atoms with Crippen molar-refractivity contribution in [1.29, 1.82) is 0 Å². The van der Waals surface area contributed by atoms with E-state index in [2.05, 4.69) is 41.2 Å². The van der Waals surface area contributed by atoms with E-state index in [4.69, 9.17) is 0 Å². The van der Waals surface area contributed by atoms with Crippen LogP contribution >= 0.6 is 11.3 Å². The molecule has 0 fully saturated rings. The van der Waals surface area contributed by atoms with Crippen molar-refractivity contribution >= 4 is 11.3 Å². The van der Waals surface area contributed by atoms with E-state index < -0.39 is 5.60 Å². The van der Waals surface area contributed by atoms with Crippen LogP contribution in [0, 0.1) is 0 Å². The van der Waals surface area contributed by atoms with Crippen molar-refractivity contribution in [3.05, 3.63) is 71.0 Å². The highest BCUT2D eigenvalue weighted by atomic mass is 32.1. The monoisotopic (exact) mass is 310 g/mol. The highest BCUT2D eigenvalue weighted by molar-refractivity contribution is 7.15. The maximum Gasteiger partial charge on any atom is 0.123 e. The van der Waals surface area contributed by atoms with E-state index in [1.165, 1.54) is 16.9 Å². The normalized spacial score (nSPS) is 13.8. The molecule has 3 nitrogen and oxygen atoms in total. The number of benzene rings is 1. The first-order chi connectivity index (χ1) is 10.6. The second kappa shape index (κ2) is 5.99. The van der Waals surface area contributed by atoms with Crippen LogP contribution in [0.5, 0.6) is 0 Å². The van der Waals surface area contributed by atoms with E-state index in [9.17, 15) is 5.11 Å². The molecule has 0 saturated heterocycles. The molecule has 112 valence electrons. The predicted octanol–water partition coefficient (Wildman–Crippen LogP) is 4.02. The lowest BCUT2D eigenvalue weighted by Gasteiger charge is -2.21. The third-order valence-electron chi connectivity index (χ3n) is 3.84. The van der Waals surface area contributed by atoms with Gasteiger partial charge in [-0.3, -0.25) is 4.98 Å². The van der Waals surface area contributed by atoms with Gasteiger partial charge in [0, 0.05) is 24.2 Å². The maximum absolute atomic E-state index is 10.8. The summed E-state index contributed by atoms with van der Waals surface area (Å²) in [6, 6.07) is 12.1. The summed E-state index contributed by atoms with van der Waals surface area (Å²) < 4.78 is 0. The number of rotatable bonds is 4. The van der Waals surface area contributed by atoms with Gasteiger partial charge in [-0.25, -0.2) is 4.98 Å². The Morgan fingerprint density at radius 2 is 1.77 bits per heavy atom. The molecule has 0 aliphatic heterocycles. The molecule has 4 heteroatoms. The van der Waals surface area contributed by atoms with Crippen LogP contribution in [-0.4, -0.2) is 15.1 Å². The number of nitrogens with zero attached hydrogens (tertiary/aromatic N) is 2. The average molecular weight is 310 g/mol. The first-order valence-electron chi connectivity index (χ1n) is 7.29. The fourth-order valence-corrected chi connectivity index (χ4v) is 3.32. The van der Waals surface area contributed by atoms with Gasteiger partial charge in [-0.2, -0.15) is 0 Å². The van der Waals surface area contributed by atoms with Crippen molar-refractivity contribution in [3.63, 3.8) is 0 Å². The van der Waals surface area contributed by atoms with Gasteiger partial charge in [-0.05, 0) is 36.6 Å². The first-order valence-corrected chi connectivity index (χ1v) is 8.11. The Hall–Kier alpha value is -2.04. The number of aryl methyl sites for hydroxylation is 1. The minimum Gasteiger partial charge on any atom is -0.380 e. The standard InChI is InChI=1S/C18H18N2OS/c1-3-13-4-6-14(7-5-13)17-20-12-16(22-17)18(2,21)15-8-10-19-11-9-15/h4-12,21H,3H2,1-2H3. The fourth-order valence-electron chi connectivity index (χ4n) is 2.33. The van der Waals surface area contributed by atoms with E-state index in [0.29, 0.717) is 0 Å². The summed E-state index contributed by atoms with van der Waals surface area (Å²) in [5.41, 5.74) is 2.16. The van der Waals surface area contributed by atoms with Gasteiger partial charge in [-0.1, -0.05) is 31.2 Å². The Morgan fingerprint density at radius 1 is 1.09 bits per heavy atom. The van der Waals surface area contributed by atoms with Gasteiger partial charge in [-0.15, -0.1) is 11.3 Å². The second-order valence-electron chi connectivity index (χ2n) is 5.39. The van der Waals surface area contributed by atoms with Crippen LogP contribution in [0.15, 0.2) is 55.0 Å². The molecule has 0 aliphatic rings. The van der Waals surface area contributed by atoms with Crippen LogP contribution in [0.3, 0.4) is 0 Å². The molecule has 0 bridgehead atoms. The van der Waals surface area contributed by atoms with Crippen molar-refractivity contribution in [1.82, 2.24) is 9.97 Å². The van der Waals surface area contributed by atoms with Crippen molar-refractivity contribution in [2.24, 2.45) is 0 Å². The summed E-state index contributed by atoms with van der Waals surface area (Å²) in [5, 5.41) is 11.8. The third-order valence-corrected chi connectivity index (χ3v) is 5.09. The Bertz CT molecular complexity index is 748. The van der Waals surface area contributed by atoms with E-state index in [1.807, 2.05) is 12.1 Å². The van der Waals surface area contributed by atoms with Gasteiger partial charge >= 0.3 is 0 Å². The molecule has 2 heterocycles. The molecule has 1 unspecified atom stereocenters. The van der Waals surface area contributed by atoms with Crippen molar-refractivity contribution in [3.8, 4) is 10.6 Å². The minimum absolute atomic E-state index is 0.819. The highest BCUT2D eigenvalue weighted by Gasteiger charge is 2.28. The van der Waals surface area contributed by atoms with E-state index >= 15 is 0 Å². The average Bonchev–Trinajstić information content (AvgIpc) is 3.06. The van der Waals surface area contributed by atoms with Crippen molar-refractivity contribution in [2.75, 3.05) is 0 Å². The molecule has 0 amide bonds. The van der Waals surface area contributed by atoms with E-state index in [0.717, 1.165) is 27.4 Å². The molecule has 0 spiro atoms. The molecule has 2 aromatic heterocycles. The number of thiazole rings is 1. The molecular formula is C18H18N2OS. The Balaban J connectivity index is 1.93. The van der Waals surface area contributed by atoms with Gasteiger partial charge in [0.05, 0.1) is 4.88 Å². The molecule has 1 atom stereocenters. The molecule has 3 aromatic rings. The van der Waals surface area contributed by atoms with Gasteiger partial charge in [0.1, 0.15) is 10.6 Å². The van der Waals surface area contributed by atoms with Gasteiger partial charge in [0.2, 0.25) is 0 Å². The molecule has 22 heavy (non-hydrogen) atoms. The summed E-state index contributed by atoms with van der Waals surface area (Å²) in [4.78, 5) is 9.30. The quantitative estimate of drug-likeness (QED) is 0.791. The smallest absolute Gasteiger partial charge is 0.123 e. The molecule has 0 radical (unpaired) electrons. The zero-order chi connectivity index (χ0) is 15.6.